The summed E-state index contributed by atoms with van der Waals surface area (Å²) < 4.78 is 32.9. The summed E-state index contributed by atoms with van der Waals surface area (Å²) in [6, 6.07) is 11.0. The maximum atomic E-state index is 13.0. The molecule has 1 saturated heterocycles. The third-order valence-corrected chi connectivity index (χ3v) is 8.00. The van der Waals surface area contributed by atoms with Crippen LogP contribution in [0, 0.1) is 12.3 Å². The Bertz CT molecular complexity index is 1040. The number of piperazine rings is 1. The standard InChI is InChI=1S/C23H31N3O4S/c1-17-13-19-20(14-23(2,3)15-21(19)30-17)24-22(27)25-9-11-26(12-10-25)31(28,29)16-18-7-5-4-6-8-18/h4-8,13,20H,9-12,14-16H2,1-3H3,(H,24,27). The summed E-state index contributed by atoms with van der Waals surface area (Å²) in [4.78, 5) is 14.7. The first-order chi connectivity index (χ1) is 14.6. The SMILES string of the molecule is Cc1cc2c(o1)CC(C)(C)CC2NC(=O)N1CCN(S(=O)(=O)Cc2ccccc2)CC1. The molecule has 1 atom stereocenters. The van der Waals surface area contributed by atoms with E-state index in [1.54, 1.807) is 4.90 Å². The van der Waals surface area contributed by atoms with Gasteiger partial charge in [0.25, 0.3) is 0 Å². The summed E-state index contributed by atoms with van der Waals surface area (Å²) in [5, 5.41) is 3.17. The number of hydrogen-bond donors (Lipinski definition) is 1. The summed E-state index contributed by atoms with van der Waals surface area (Å²) in [6.45, 7) is 7.69. The summed E-state index contributed by atoms with van der Waals surface area (Å²) in [5.74, 6) is 1.80. The van der Waals surface area contributed by atoms with Crippen molar-refractivity contribution in [1.29, 1.82) is 0 Å². The number of carbonyl (C=O) groups excluding carboxylic acids is 1. The highest BCUT2D eigenvalue weighted by atomic mass is 32.2. The van der Waals surface area contributed by atoms with E-state index in [9.17, 15) is 13.2 Å². The Balaban J connectivity index is 1.36. The second-order valence-corrected chi connectivity index (χ2v) is 11.4. The number of furan rings is 1. The van der Waals surface area contributed by atoms with Crippen molar-refractivity contribution in [3.8, 4) is 0 Å². The first-order valence-corrected chi connectivity index (χ1v) is 12.4. The van der Waals surface area contributed by atoms with Crippen LogP contribution in [0.2, 0.25) is 0 Å². The van der Waals surface area contributed by atoms with Gasteiger partial charge in [-0.3, -0.25) is 0 Å². The van der Waals surface area contributed by atoms with Crippen LogP contribution in [-0.4, -0.2) is 49.8 Å². The molecule has 1 N–H and O–H groups in total. The number of nitrogens with one attached hydrogen (secondary N) is 1. The molecule has 2 heterocycles. The van der Waals surface area contributed by atoms with E-state index in [2.05, 4.69) is 19.2 Å². The van der Waals surface area contributed by atoms with Gasteiger partial charge >= 0.3 is 6.03 Å². The van der Waals surface area contributed by atoms with Crippen molar-refractivity contribution in [3.63, 3.8) is 0 Å². The van der Waals surface area contributed by atoms with Gasteiger partial charge in [0.05, 0.1) is 11.8 Å². The predicted octanol–water partition coefficient (Wildman–Crippen LogP) is 3.46. The average molecular weight is 446 g/mol. The van der Waals surface area contributed by atoms with Gasteiger partial charge in [-0.05, 0) is 30.4 Å². The zero-order valence-electron chi connectivity index (χ0n) is 18.4. The molecular formula is C23H31N3O4S. The van der Waals surface area contributed by atoms with Crippen molar-refractivity contribution >= 4 is 16.1 Å². The van der Waals surface area contributed by atoms with E-state index >= 15 is 0 Å². The average Bonchev–Trinajstić information content (AvgIpc) is 3.07. The van der Waals surface area contributed by atoms with Crippen LogP contribution in [0.25, 0.3) is 0 Å². The number of amides is 2. The molecule has 1 aromatic heterocycles. The molecule has 31 heavy (non-hydrogen) atoms. The van der Waals surface area contributed by atoms with Gasteiger partial charge in [-0.1, -0.05) is 44.2 Å². The van der Waals surface area contributed by atoms with Crippen molar-refractivity contribution < 1.29 is 17.6 Å². The second kappa shape index (κ2) is 8.31. The molecule has 1 aliphatic carbocycles. The fraction of sp³-hybridized carbons (Fsp3) is 0.522. The molecule has 1 fully saturated rings. The molecule has 2 amide bonds. The van der Waals surface area contributed by atoms with Crippen molar-refractivity contribution in [3.05, 3.63) is 59.0 Å². The Kier molecular flexibility index (Phi) is 5.87. The Morgan fingerprint density at radius 2 is 1.84 bits per heavy atom. The quantitative estimate of drug-likeness (QED) is 0.781. The predicted molar refractivity (Wildman–Crippen MR) is 119 cm³/mol. The number of aryl methyl sites for hydroxylation is 1. The first-order valence-electron chi connectivity index (χ1n) is 10.8. The zero-order valence-corrected chi connectivity index (χ0v) is 19.2. The lowest BCUT2D eigenvalue weighted by Gasteiger charge is -2.38. The van der Waals surface area contributed by atoms with Crippen LogP contribution in [0.3, 0.4) is 0 Å². The number of rotatable bonds is 4. The van der Waals surface area contributed by atoms with Gasteiger partial charge in [0, 0.05) is 38.2 Å². The minimum Gasteiger partial charge on any atom is -0.466 e. The van der Waals surface area contributed by atoms with E-state index in [0.717, 1.165) is 35.5 Å². The molecular weight excluding hydrogens is 414 g/mol. The zero-order chi connectivity index (χ0) is 22.2. The highest BCUT2D eigenvalue weighted by Crippen LogP contribution is 2.42. The summed E-state index contributed by atoms with van der Waals surface area (Å²) in [5.41, 5.74) is 1.88. The lowest BCUT2D eigenvalue weighted by molar-refractivity contribution is 0.161. The van der Waals surface area contributed by atoms with E-state index in [-0.39, 0.29) is 23.2 Å². The summed E-state index contributed by atoms with van der Waals surface area (Å²) >= 11 is 0. The largest absolute Gasteiger partial charge is 0.466 e. The summed E-state index contributed by atoms with van der Waals surface area (Å²) in [6.07, 6.45) is 1.70. The monoisotopic (exact) mass is 445 g/mol. The van der Waals surface area contributed by atoms with E-state index in [1.165, 1.54) is 4.31 Å². The number of benzene rings is 1. The number of sulfonamides is 1. The van der Waals surface area contributed by atoms with Crippen molar-refractivity contribution in [2.24, 2.45) is 5.41 Å². The fourth-order valence-corrected chi connectivity index (χ4v) is 6.12. The molecule has 0 radical (unpaired) electrons. The number of fused-ring (bicyclic) bond motifs is 1. The van der Waals surface area contributed by atoms with Gasteiger partial charge in [-0.15, -0.1) is 0 Å². The lowest BCUT2D eigenvalue weighted by Crippen LogP contribution is -2.54. The van der Waals surface area contributed by atoms with Crippen molar-refractivity contribution in [1.82, 2.24) is 14.5 Å². The Hall–Kier alpha value is -2.32. The number of urea groups is 1. The molecule has 7 nitrogen and oxygen atoms in total. The van der Waals surface area contributed by atoms with Crippen LogP contribution in [0.4, 0.5) is 4.79 Å². The second-order valence-electron chi connectivity index (χ2n) is 9.41. The van der Waals surface area contributed by atoms with Crippen LogP contribution in [0.15, 0.2) is 40.8 Å². The number of hydrogen-bond acceptors (Lipinski definition) is 4. The van der Waals surface area contributed by atoms with Crippen LogP contribution >= 0.6 is 0 Å². The van der Waals surface area contributed by atoms with Gasteiger partial charge in [0.1, 0.15) is 11.5 Å². The maximum Gasteiger partial charge on any atom is 0.317 e. The molecule has 0 saturated carbocycles. The van der Waals surface area contributed by atoms with Gasteiger partial charge in [-0.25, -0.2) is 13.2 Å². The van der Waals surface area contributed by atoms with Crippen LogP contribution in [-0.2, 0) is 22.2 Å². The Morgan fingerprint density at radius 3 is 2.52 bits per heavy atom. The molecule has 1 aromatic carbocycles. The highest BCUT2D eigenvalue weighted by Gasteiger charge is 2.37. The van der Waals surface area contributed by atoms with Crippen molar-refractivity contribution in [2.45, 2.75) is 45.4 Å². The molecule has 1 unspecified atom stereocenters. The molecule has 4 rings (SSSR count). The van der Waals surface area contributed by atoms with Gasteiger partial charge < -0.3 is 14.6 Å². The molecule has 2 aromatic rings. The number of nitrogens with zero attached hydrogens (tertiary/aromatic N) is 2. The molecule has 8 heteroatoms. The Labute approximate surface area is 184 Å². The Morgan fingerprint density at radius 1 is 1.16 bits per heavy atom. The van der Waals surface area contributed by atoms with Gasteiger partial charge in [0.2, 0.25) is 10.0 Å². The minimum absolute atomic E-state index is 0.0141. The van der Waals surface area contributed by atoms with Crippen molar-refractivity contribution in [2.75, 3.05) is 26.2 Å². The molecule has 1 aliphatic heterocycles. The van der Waals surface area contributed by atoms with E-state index < -0.39 is 10.0 Å². The minimum atomic E-state index is -3.40. The molecule has 168 valence electrons. The number of carbonyl (C=O) groups is 1. The topological polar surface area (TPSA) is 82.9 Å². The van der Waals surface area contributed by atoms with Crippen LogP contribution < -0.4 is 5.32 Å². The first kappa shape index (κ1) is 21.9. The lowest BCUT2D eigenvalue weighted by atomic mass is 9.75. The fourth-order valence-electron chi connectivity index (χ4n) is 4.60. The molecule has 2 aliphatic rings. The highest BCUT2D eigenvalue weighted by molar-refractivity contribution is 7.88. The van der Waals surface area contributed by atoms with Crippen LogP contribution in [0.1, 0.15) is 49.0 Å². The van der Waals surface area contributed by atoms with Crippen LogP contribution in [0.5, 0.6) is 0 Å². The van der Waals surface area contributed by atoms with Gasteiger partial charge in [-0.2, -0.15) is 4.31 Å². The van der Waals surface area contributed by atoms with Gasteiger partial charge in [0.15, 0.2) is 0 Å². The molecule has 0 spiro atoms. The van der Waals surface area contributed by atoms with E-state index in [0.29, 0.717) is 26.2 Å². The smallest absolute Gasteiger partial charge is 0.317 e. The maximum absolute atomic E-state index is 13.0. The van der Waals surface area contributed by atoms with E-state index in [4.69, 9.17) is 4.42 Å². The molecule has 0 bridgehead atoms. The normalized spacial score (nSPS) is 21.5. The van der Waals surface area contributed by atoms with E-state index in [1.807, 2.05) is 43.3 Å². The third-order valence-electron chi connectivity index (χ3n) is 6.15. The summed E-state index contributed by atoms with van der Waals surface area (Å²) in [7, 11) is -3.40. The third kappa shape index (κ3) is 4.96.